The largest absolute Gasteiger partial charge is 0.480 e. The molecule has 1 aromatic heterocycles. The van der Waals surface area contributed by atoms with Gasteiger partial charge in [-0.05, 0) is 13.8 Å². The van der Waals surface area contributed by atoms with Gasteiger partial charge in [0.05, 0.1) is 18.2 Å². The number of nitrogens with zero attached hydrogens (tertiary/aromatic N) is 3. The average molecular weight is 331 g/mol. The van der Waals surface area contributed by atoms with Crippen LogP contribution in [0.3, 0.4) is 0 Å². The van der Waals surface area contributed by atoms with E-state index in [4.69, 9.17) is 4.74 Å². The second-order valence-corrected chi connectivity index (χ2v) is 5.54. The van der Waals surface area contributed by atoms with Crippen molar-refractivity contribution in [3.05, 3.63) is 17.0 Å². The summed E-state index contributed by atoms with van der Waals surface area (Å²) in [5, 5.41) is 13.0. The van der Waals surface area contributed by atoms with Gasteiger partial charge in [-0.1, -0.05) is 0 Å². The van der Waals surface area contributed by atoms with Crippen LogP contribution < -0.4 is 0 Å². The molecule has 128 valence electrons. The highest BCUT2D eigenvalue weighted by Gasteiger charge is 2.40. The number of amides is 1. The van der Waals surface area contributed by atoms with Gasteiger partial charge in [0.2, 0.25) is 5.91 Å². The number of rotatable bonds is 5. The van der Waals surface area contributed by atoms with Crippen molar-refractivity contribution in [1.29, 1.82) is 0 Å². The molecule has 1 aromatic rings. The highest BCUT2D eigenvalue weighted by Crippen LogP contribution is 2.24. The third-order valence-electron chi connectivity index (χ3n) is 4.19. The SMILES string of the molecule is COC1CC(C(=O)O)N(C(=O)Cc2c(C)nn(C(F)F)c2C)C1. The molecule has 1 N–H and O–H groups in total. The van der Waals surface area contributed by atoms with Crippen LogP contribution in [0, 0.1) is 13.8 Å². The molecule has 2 atom stereocenters. The standard InChI is InChI=1S/C14H19F2N3O4/c1-7-10(8(2)19(17-7)14(15)16)5-12(20)18-6-9(23-3)4-11(18)13(21)22/h9,11,14H,4-6H2,1-3H3,(H,21,22). The number of hydrogen-bond donors (Lipinski definition) is 1. The van der Waals surface area contributed by atoms with Crippen LogP contribution in [0.25, 0.3) is 0 Å². The summed E-state index contributed by atoms with van der Waals surface area (Å²) in [6.07, 6.45) is -0.290. The molecule has 23 heavy (non-hydrogen) atoms. The normalized spacial score (nSPS) is 21.2. The Kier molecular flexibility index (Phi) is 4.98. The number of aliphatic carboxylic acids is 1. The first kappa shape index (κ1) is 17.3. The summed E-state index contributed by atoms with van der Waals surface area (Å²) in [5.41, 5.74) is 0.950. The highest BCUT2D eigenvalue weighted by atomic mass is 19.3. The number of carbonyl (C=O) groups is 2. The van der Waals surface area contributed by atoms with Crippen molar-refractivity contribution in [3.63, 3.8) is 0 Å². The molecule has 9 heteroatoms. The van der Waals surface area contributed by atoms with Gasteiger partial charge >= 0.3 is 12.5 Å². The number of carbonyl (C=O) groups excluding carboxylic acids is 1. The molecule has 1 saturated heterocycles. The van der Waals surface area contributed by atoms with E-state index in [1.54, 1.807) is 6.92 Å². The smallest absolute Gasteiger partial charge is 0.333 e. The van der Waals surface area contributed by atoms with E-state index in [1.807, 2.05) is 0 Å². The maximum atomic E-state index is 12.8. The first-order valence-corrected chi connectivity index (χ1v) is 7.14. The molecule has 1 aliphatic heterocycles. The molecule has 0 aromatic carbocycles. The molecular weight excluding hydrogens is 312 g/mol. The molecule has 1 amide bonds. The van der Waals surface area contributed by atoms with Crippen molar-refractivity contribution in [1.82, 2.24) is 14.7 Å². The Labute approximate surface area is 131 Å². The Morgan fingerprint density at radius 3 is 2.57 bits per heavy atom. The molecule has 2 rings (SSSR count). The van der Waals surface area contributed by atoms with E-state index >= 15 is 0 Å². The third kappa shape index (κ3) is 3.34. The second kappa shape index (κ2) is 6.61. The van der Waals surface area contributed by atoms with Crippen LogP contribution in [0.4, 0.5) is 8.78 Å². The monoisotopic (exact) mass is 331 g/mol. The molecule has 1 fully saturated rings. The number of ether oxygens (including phenoxy) is 1. The first-order valence-electron chi connectivity index (χ1n) is 7.14. The van der Waals surface area contributed by atoms with Gasteiger partial charge in [0.1, 0.15) is 6.04 Å². The summed E-state index contributed by atoms with van der Waals surface area (Å²) >= 11 is 0. The van der Waals surface area contributed by atoms with E-state index in [1.165, 1.54) is 18.9 Å². The number of carboxylic acids is 1. The zero-order valence-corrected chi connectivity index (χ0v) is 13.1. The lowest BCUT2D eigenvalue weighted by atomic mass is 10.1. The van der Waals surface area contributed by atoms with Gasteiger partial charge in [0, 0.05) is 31.3 Å². The van der Waals surface area contributed by atoms with Gasteiger partial charge in [0.15, 0.2) is 0 Å². The summed E-state index contributed by atoms with van der Waals surface area (Å²) in [6, 6.07) is -0.960. The number of halogens is 2. The number of alkyl halides is 2. The molecule has 0 saturated carbocycles. The molecule has 0 aliphatic carbocycles. The number of likely N-dealkylation sites (tertiary alicyclic amines) is 1. The van der Waals surface area contributed by atoms with Gasteiger partial charge in [0.25, 0.3) is 0 Å². The Hall–Kier alpha value is -2.03. The minimum Gasteiger partial charge on any atom is -0.480 e. The lowest BCUT2D eigenvalue weighted by Gasteiger charge is -2.21. The average Bonchev–Trinajstić information content (AvgIpc) is 3.03. The van der Waals surface area contributed by atoms with Crippen molar-refractivity contribution < 1.29 is 28.2 Å². The third-order valence-corrected chi connectivity index (χ3v) is 4.19. The van der Waals surface area contributed by atoms with Crippen LogP contribution in [-0.4, -0.2) is 57.5 Å². The predicted octanol–water partition coefficient (Wildman–Crippen LogP) is 1.14. The fraction of sp³-hybridized carbons (Fsp3) is 0.643. The van der Waals surface area contributed by atoms with E-state index in [9.17, 15) is 23.5 Å². The zero-order valence-electron chi connectivity index (χ0n) is 13.1. The number of hydrogen-bond acceptors (Lipinski definition) is 4. The van der Waals surface area contributed by atoms with Crippen molar-refractivity contribution in [2.45, 2.75) is 45.4 Å². The molecular formula is C14H19F2N3O4. The van der Waals surface area contributed by atoms with E-state index in [-0.39, 0.29) is 31.2 Å². The van der Waals surface area contributed by atoms with E-state index in [0.717, 1.165) is 0 Å². The highest BCUT2D eigenvalue weighted by molar-refractivity contribution is 5.86. The van der Waals surface area contributed by atoms with Crippen LogP contribution in [0.5, 0.6) is 0 Å². The van der Waals surface area contributed by atoms with Crippen molar-refractivity contribution >= 4 is 11.9 Å². The quantitative estimate of drug-likeness (QED) is 0.874. The number of aryl methyl sites for hydroxylation is 1. The van der Waals surface area contributed by atoms with E-state index < -0.39 is 24.5 Å². The molecule has 0 radical (unpaired) electrons. The Bertz CT molecular complexity index is 617. The predicted molar refractivity (Wildman–Crippen MR) is 75.2 cm³/mol. The number of carboxylic acid groups (broad SMARTS) is 1. The fourth-order valence-electron chi connectivity index (χ4n) is 2.87. The summed E-state index contributed by atoms with van der Waals surface area (Å²) in [4.78, 5) is 25.0. The second-order valence-electron chi connectivity index (χ2n) is 5.54. The van der Waals surface area contributed by atoms with Gasteiger partial charge in [-0.3, -0.25) is 4.79 Å². The van der Waals surface area contributed by atoms with Gasteiger partial charge in [-0.25, -0.2) is 9.48 Å². The topological polar surface area (TPSA) is 84.7 Å². The molecule has 1 aliphatic rings. The molecule has 7 nitrogen and oxygen atoms in total. The first-order chi connectivity index (χ1) is 10.8. The molecule has 0 bridgehead atoms. The molecule has 2 heterocycles. The summed E-state index contributed by atoms with van der Waals surface area (Å²) in [6.45, 7) is 0.401. The Morgan fingerprint density at radius 1 is 1.43 bits per heavy atom. The molecule has 2 unspecified atom stereocenters. The fourth-order valence-corrected chi connectivity index (χ4v) is 2.87. The van der Waals surface area contributed by atoms with Crippen LogP contribution in [0.2, 0.25) is 0 Å². The van der Waals surface area contributed by atoms with Crippen LogP contribution in [0.1, 0.15) is 29.9 Å². The minimum absolute atomic E-state index is 0.162. The molecule has 0 spiro atoms. The van der Waals surface area contributed by atoms with Crippen LogP contribution in [0.15, 0.2) is 0 Å². The van der Waals surface area contributed by atoms with Gasteiger partial charge < -0.3 is 14.7 Å². The summed E-state index contributed by atoms with van der Waals surface area (Å²) in [7, 11) is 1.46. The van der Waals surface area contributed by atoms with Crippen molar-refractivity contribution in [3.8, 4) is 0 Å². The van der Waals surface area contributed by atoms with E-state index in [0.29, 0.717) is 15.9 Å². The number of aromatic nitrogens is 2. The maximum absolute atomic E-state index is 12.8. The summed E-state index contributed by atoms with van der Waals surface area (Å²) < 4.78 is 31.4. The lowest BCUT2D eigenvalue weighted by molar-refractivity contribution is -0.148. The van der Waals surface area contributed by atoms with Crippen molar-refractivity contribution in [2.24, 2.45) is 0 Å². The van der Waals surface area contributed by atoms with Crippen LogP contribution in [-0.2, 0) is 20.7 Å². The van der Waals surface area contributed by atoms with Crippen molar-refractivity contribution in [2.75, 3.05) is 13.7 Å². The maximum Gasteiger partial charge on any atom is 0.333 e. The van der Waals surface area contributed by atoms with Gasteiger partial charge in [-0.15, -0.1) is 0 Å². The zero-order chi connectivity index (χ0) is 17.3. The lowest BCUT2D eigenvalue weighted by Crippen LogP contribution is -2.41. The Morgan fingerprint density at radius 2 is 2.09 bits per heavy atom. The number of methoxy groups -OCH3 is 1. The van der Waals surface area contributed by atoms with Gasteiger partial charge in [-0.2, -0.15) is 13.9 Å². The minimum atomic E-state index is -2.78. The van der Waals surface area contributed by atoms with E-state index in [2.05, 4.69) is 5.10 Å². The van der Waals surface area contributed by atoms with Crippen LogP contribution >= 0.6 is 0 Å². The summed E-state index contributed by atoms with van der Waals surface area (Å²) in [5.74, 6) is -1.54. The Balaban J connectivity index is 2.20.